The molecule has 0 amide bonds. The first-order valence-corrected chi connectivity index (χ1v) is 7.06. The van der Waals surface area contributed by atoms with Crippen LogP contribution in [-0.2, 0) is 11.3 Å². The zero-order chi connectivity index (χ0) is 13.9. The minimum absolute atomic E-state index is 0.0268. The fourth-order valence-electron chi connectivity index (χ4n) is 1.84. The molecule has 0 radical (unpaired) electrons. The number of thioether (sulfide) groups is 1. The Morgan fingerprint density at radius 2 is 2.35 bits per heavy atom. The Balaban J connectivity index is 1.79. The third-order valence-electron chi connectivity index (χ3n) is 2.79. The molecule has 0 unspecified atom stereocenters. The van der Waals surface area contributed by atoms with Crippen LogP contribution < -0.4 is 0 Å². The van der Waals surface area contributed by atoms with E-state index in [1.54, 1.807) is 18.9 Å². The highest BCUT2D eigenvalue weighted by Gasteiger charge is 2.17. The minimum atomic E-state index is 0.0268. The molecular formula is C13H14N4O2S. The fraction of sp³-hybridized carbons (Fsp3) is 0.308. The number of rotatable bonds is 5. The molecule has 3 heterocycles. The van der Waals surface area contributed by atoms with E-state index in [1.807, 2.05) is 41.9 Å². The van der Waals surface area contributed by atoms with Crippen LogP contribution in [0.25, 0.3) is 5.52 Å². The zero-order valence-electron chi connectivity index (χ0n) is 11.2. The van der Waals surface area contributed by atoms with Crippen LogP contribution in [0, 0.1) is 0 Å². The maximum absolute atomic E-state index is 5.24. The number of nitrogens with zero attached hydrogens (tertiary/aromatic N) is 4. The summed E-state index contributed by atoms with van der Waals surface area (Å²) in [5.41, 5.74) is 1.06. The van der Waals surface area contributed by atoms with E-state index in [-0.39, 0.29) is 5.25 Å². The van der Waals surface area contributed by atoms with Gasteiger partial charge in [-0.05, 0) is 19.1 Å². The number of imidazole rings is 1. The lowest BCUT2D eigenvalue weighted by molar-refractivity contribution is 0.174. The summed E-state index contributed by atoms with van der Waals surface area (Å²) in [6.45, 7) is 2.37. The summed E-state index contributed by atoms with van der Waals surface area (Å²) in [6.07, 6.45) is 3.83. The van der Waals surface area contributed by atoms with Crippen LogP contribution >= 0.6 is 11.8 Å². The molecule has 0 aliphatic rings. The maximum Gasteiger partial charge on any atom is 0.240 e. The molecule has 104 valence electrons. The Kier molecular flexibility index (Phi) is 3.70. The Labute approximate surface area is 120 Å². The molecule has 0 aliphatic heterocycles. The van der Waals surface area contributed by atoms with Gasteiger partial charge in [-0.3, -0.25) is 4.40 Å². The number of hydrogen-bond donors (Lipinski definition) is 0. The average Bonchev–Trinajstić information content (AvgIpc) is 3.07. The van der Waals surface area contributed by atoms with Crippen molar-refractivity contribution < 1.29 is 9.26 Å². The van der Waals surface area contributed by atoms with Gasteiger partial charge in [0, 0.05) is 13.3 Å². The molecule has 3 aromatic heterocycles. The molecule has 3 aromatic rings. The number of fused-ring (bicyclic) bond motifs is 1. The molecule has 1 atom stereocenters. The first-order valence-electron chi connectivity index (χ1n) is 6.18. The van der Waals surface area contributed by atoms with Crippen molar-refractivity contribution in [3.63, 3.8) is 0 Å². The summed E-state index contributed by atoms with van der Waals surface area (Å²) in [7, 11) is 1.60. The van der Waals surface area contributed by atoms with Gasteiger partial charge in [0.2, 0.25) is 5.89 Å². The van der Waals surface area contributed by atoms with E-state index in [0.717, 1.165) is 10.7 Å². The lowest BCUT2D eigenvalue weighted by Crippen LogP contribution is -1.94. The van der Waals surface area contributed by atoms with E-state index in [4.69, 9.17) is 9.26 Å². The number of hydrogen-bond acceptors (Lipinski definition) is 6. The van der Waals surface area contributed by atoms with E-state index >= 15 is 0 Å². The van der Waals surface area contributed by atoms with Gasteiger partial charge in [-0.1, -0.05) is 23.0 Å². The smallest absolute Gasteiger partial charge is 0.240 e. The summed E-state index contributed by atoms with van der Waals surface area (Å²) in [4.78, 5) is 8.72. The van der Waals surface area contributed by atoms with Crippen molar-refractivity contribution in [2.45, 2.75) is 23.9 Å². The van der Waals surface area contributed by atoms with Crippen LogP contribution in [-0.4, -0.2) is 26.6 Å². The molecule has 0 aromatic carbocycles. The Morgan fingerprint density at radius 3 is 3.20 bits per heavy atom. The number of methoxy groups -OCH3 is 1. The molecule has 0 saturated carbocycles. The minimum Gasteiger partial charge on any atom is -0.377 e. The third-order valence-corrected chi connectivity index (χ3v) is 3.86. The Hall–Kier alpha value is -1.86. The predicted molar refractivity (Wildman–Crippen MR) is 74.5 cm³/mol. The summed E-state index contributed by atoms with van der Waals surface area (Å²) in [6, 6.07) is 5.99. The van der Waals surface area contributed by atoms with Gasteiger partial charge in [-0.2, -0.15) is 4.98 Å². The summed E-state index contributed by atoms with van der Waals surface area (Å²) >= 11 is 1.58. The van der Waals surface area contributed by atoms with Gasteiger partial charge in [-0.25, -0.2) is 4.98 Å². The molecule has 0 saturated heterocycles. The van der Waals surface area contributed by atoms with E-state index in [0.29, 0.717) is 18.3 Å². The topological polar surface area (TPSA) is 65.5 Å². The third kappa shape index (κ3) is 2.54. The van der Waals surface area contributed by atoms with Crippen LogP contribution in [0.15, 0.2) is 40.3 Å². The second-order valence-corrected chi connectivity index (χ2v) is 5.59. The maximum atomic E-state index is 5.24. The zero-order valence-corrected chi connectivity index (χ0v) is 12.0. The first kappa shape index (κ1) is 13.1. The number of ether oxygens (including phenoxy) is 1. The highest BCUT2D eigenvalue weighted by atomic mass is 32.2. The SMILES string of the molecule is COCc1noc([C@H](C)Sc2ncc3ccccn23)n1. The molecule has 0 N–H and O–H groups in total. The molecule has 0 bridgehead atoms. The Morgan fingerprint density at radius 1 is 1.45 bits per heavy atom. The van der Waals surface area contributed by atoms with Gasteiger partial charge >= 0.3 is 0 Å². The van der Waals surface area contributed by atoms with Gasteiger partial charge in [0.05, 0.1) is 17.0 Å². The monoisotopic (exact) mass is 290 g/mol. The van der Waals surface area contributed by atoms with Crippen molar-refractivity contribution in [3.05, 3.63) is 42.3 Å². The molecule has 7 heteroatoms. The average molecular weight is 290 g/mol. The van der Waals surface area contributed by atoms with Crippen LogP contribution in [0.4, 0.5) is 0 Å². The lowest BCUT2D eigenvalue weighted by Gasteiger charge is -2.05. The standard InChI is InChI=1S/C13H14N4O2S/c1-9(12-15-11(8-18-2)16-19-12)20-13-14-7-10-5-3-4-6-17(10)13/h3-7,9H,8H2,1-2H3/t9-/m0/s1. The number of pyridine rings is 1. The molecule has 3 rings (SSSR count). The molecular weight excluding hydrogens is 276 g/mol. The fourth-order valence-corrected chi connectivity index (χ4v) is 2.74. The van der Waals surface area contributed by atoms with Crippen LogP contribution in [0.3, 0.4) is 0 Å². The normalized spacial score (nSPS) is 12.9. The van der Waals surface area contributed by atoms with Crippen molar-refractivity contribution in [1.82, 2.24) is 19.5 Å². The molecule has 0 fully saturated rings. The Bertz CT molecular complexity index is 709. The van der Waals surface area contributed by atoms with E-state index in [9.17, 15) is 0 Å². The van der Waals surface area contributed by atoms with Gasteiger partial charge in [0.1, 0.15) is 6.61 Å². The van der Waals surface area contributed by atoms with Gasteiger partial charge in [0.25, 0.3) is 0 Å². The second kappa shape index (κ2) is 5.64. The van der Waals surface area contributed by atoms with Crippen molar-refractivity contribution in [3.8, 4) is 0 Å². The van der Waals surface area contributed by atoms with E-state index < -0.39 is 0 Å². The lowest BCUT2D eigenvalue weighted by atomic mass is 10.4. The van der Waals surface area contributed by atoms with Crippen LogP contribution in [0.2, 0.25) is 0 Å². The van der Waals surface area contributed by atoms with Crippen molar-refractivity contribution in [2.24, 2.45) is 0 Å². The van der Waals surface area contributed by atoms with Crippen molar-refractivity contribution in [1.29, 1.82) is 0 Å². The summed E-state index contributed by atoms with van der Waals surface area (Å²) in [5, 5.41) is 4.80. The van der Waals surface area contributed by atoms with Crippen molar-refractivity contribution in [2.75, 3.05) is 7.11 Å². The molecule has 6 nitrogen and oxygen atoms in total. The van der Waals surface area contributed by atoms with Gasteiger partial charge < -0.3 is 9.26 Å². The van der Waals surface area contributed by atoms with Crippen LogP contribution in [0.1, 0.15) is 23.9 Å². The van der Waals surface area contributed by atoms with Crippen LogP contribution in [0.5, 0.6) is 0 Å². The largest absolute Gasteiger partial charge is 0.377 e. The molecule has 20 heavy (non-hydrogen) atoms. The predicted octanol–water partition coefficient (Wildman–Crippen LogP) is 2.72. The number of aromatic nitrogens is 4. The summed E-state index contributed by atoms with van der Waals surface area (Å²) < 4.78 is 12.3. The van der Waals surface area contributed by atoms with E-state index in [1.165, 1.54) is 0 Å². The molecule has 0 aliphatic carbocycles. The van der Waals surface area contributed by atoms with Crippen molar-refractivity contribution >= 4 is 17.3 Å². The summed E-state index contributed by atoms with van der Waals surface area (Å²) in [5.74, 6) is 1.14. The quantitative estimate of drug-likeness (QED) is 0.673. The van der Waals surface area contributed by atoms with Gasteiger partial charge in [-0.15, -0.1) is 0 Å². The molecule has 0 spiro atoms. The second-order valence-electron chi connectivity index (χ2n) is 4.28. The highest BCUT2D eigenvalue weighted by molar-refractivity contribution is 7.99. The highest BCUT2D eigenvalue weighted by Crippen LogP contribution is 2.33. The van der Waals surface area contributed by atoms with Gasteiger partial charge in [0.15, 0.2) is 11.0 Å². The van der Waals surface area contributed by atoms with E-state index in [2.05, 4.69) is 15.1 Å². The first-order chi connectivity index (χ1) is 9.78.